The van der Waals surface area contributed by atoms with E-state index in [0.29, 0.717) is 43.8 Å². The van der Waals surface area contributed by atoms with Crippen molar-refractivity contribution in [3.8, 4) is 11.5 Å². The Morgan fingerprint density at radius 3 is 1.32 bits per heavy atom. The zero-order valence-electron chi connectivity index (χ0n) is 18.8. The Bertz CT molecular complexity index is 1200. The molecule has 4 rings (SSSR count). The van der Waals surface area contributed by atoms with E-state index in [1.165, 1.54) is 48.0 Å². The second-order valence-corrected chi connectivity index (χ2v) is 9.66. The van der Waals surface area contributed by atoms with Gasteiger partial charge in [0.25, 0.3) is 23.6 Å². The number of amides is 4. The molecule has 0 spiro atoms. The molecular weight excluding hydrogens is 476 g/mol. The number of rotatable bonds is 7. The average Bonchev–Trinajstić information content (AvgIpc) is 3.23. The Kier molecular flexibility index (Phi) is 6.54. The molecule has 10 heteroatoms. The van der Waals surface area contributed by atoms with Gasteiger partial charge in [0.15, 0.2) is 0 Å². The standard InChI is InChI=1S/C24H20N2O6S2/c1-13-9-21(27)25(23(13)29)17-11-15(31-3)5-7-19(17)33-34-20-8-6-16(32-4)12-18(20)26-22(28)10-14(2)24(26)30/h5-12H,1-4H3. The van der Waals surface area contributed by atoms with Crippen LogP contribution in [0.3, 0.4) is 0 Å². The van der Waals surface area contributed by atoms with Gasteiger partial charge in [-0.2, -0.15) is 0 Å². The van der Waals surface area contributed by atoms with Crippen LogP contribution in [0.25, 0.3) is 0 Å². The lowest BCUT2D eigenvalue weighted by Gasteiger charge is -2.21. The van der Waals surface area contributed by atoms with Crippen LogP contribution in [-0.2, 0) is 19.2 Å². The fourth-order valence-corrected chi connectivity index (χ4v) is 5.74. The quantitative estimate of drug-likeness (QED) is 0.417. The largest absolute Gasteiger partial charge is 0.497 e. The van der Waals surface area contributed by atoms with Crippen molar-refractivity contribution in [3.63, 3.8) is 0 Å². The predicted octanol–water partition coefficient (Wildman–Crippen LogP) is 4.14. The van der Waals surface area contributed by atoms with Crippen molar-refractivity contribution in [2.45, 2.75) is 23.6 Å². The topological polar surface area (TPSA) is 93.2 Å². The minimum atomic E-state index is -0.428. The number of hydrogen-bond donors (Lipinski definition) is 0. The summed E-state index contributed by atoms with van der Waals surface area (Å²) < 4.78 is 10.6. The number of ether oxygens (including phenoxy) is 2. The van der Waals surface area contributed by atoms with Crippen LogP contribution < -0.4 is 19.3 Å². The first-order valence-corrected chi connectivity index (χ1v) is 12.2. The molecule has 0 saturated carbocycles. The first-order valence-electron chi connectivity index (χ1n) is 10.1. The zero-order chi connectivity index (χ0) is 24.6. The molecular formula is C24H20N2O6S2. The lowest BCUT2D eigenvalue weighted by molar-refractivity contribution is -0.121. The summed E-state index contributed by atoms with van der Waals surface area (Å²) in [4.78, 5) is 53.7. The first-order chi connectivity index (χ1) is 16.2. The maximum Gasteiger partial charge on any atom is 0.261 e. The van der Waals surface area contributed by atoms with Crippen LogP contribution in [0.1, 0.15) is 13.8 Å². The lowest BCUT2D eigenvalue weighted by atomic mass is 10.2. The van der Waals surface area contributed by atoms with Crippen molar-refractivity contribution >= 4 is 56.6 Å². The summed E-state index contributed by atoms with van der Waals surface area (Å²) in [5.41, 5.74) is 1.48. The van der Waals surface area contributed by atoms with E-state index in [-0.39, 0.29) is 0 Å². The summed E-state index contributed by atoms with van der Waals surface area (Å²) in [5, 5.41) is 0. The molecule has 2 aliphatic rings. The molecule has 0 aromatic heterocycles. The molecule has 174 valence electrons. The van der Waals surface area contributed by atoms with Gasteiger partial charge in [0.2, 0.25) is 0 Å². The molecule has 0 saturated heterocycles. The predicted molar refractivity (Wildman–Crippen MR) is 130 cm³/mol. The normalized spacial score (nSPS) is 15.8. The third kappa shape index (κ3) is 4.22. The lowest BCUT2D eigenvalue weighted by Crippen LogP contribution is -2.31. The second kappa shape index (κ2) is 9.40. The second-order valence-electron chi connectivity index (χ2n) is 7.45. The van der Waals surface area contributed by atoms with E-state index in [2.05, 4.69) is 0 Å². The van der Waals surface area contributed by atoms with E-state index in [0.717, 1.165) is 9.80 Å². The minimum absolute atomic E-state index is 0.350. The number of carbonyl (C=O) groups is 4. The summed E-state index contributed by atoms with van der Waals surface area (Å²) in [6.07, 6.45) is 2.59. The van der Waals surface area contributed by atoms with E-state index in [1.54, 1.807) is 50.2 Å². The van der Waals surface area contributed by atoms with Crippen LogP contribution in [-0.4, -0.2) is 37.8 Å². The van der Waals surface area contributed by atoms with Crippen molar-refractivity contribution in [1.29, 1.82) is 0 Å². The third-order valence-electron chi connectivity index (χ3n) is 5.24. The molecule has 0 aliphatic carbocycles. The summed E-state index contributed by atoms with van der Waals surface area (Å²) >= 11 is 0. The van der Waals surface area contributed by atoms with Gasteiger partial charge >= 0.3 is 0 Å². The van der Waals surface area contributed by atoms with Gasteiger partial charge in [-0.1, -0.05) is 21.6 Å². The number of hydrogen-bond acceptors (Lipinski definition) is 8. The Hall–Kier alpha value is -3.50. The van der Waals surface area contributed by atoms with Gasteiger partial charge < -0.3 is 9.47 Å². The molecule has 0 atom stereocenters. The van der Waals surface area contributed by atoms with Crippen LogP contribution in [0.15, 0.2) is 69.5 Å². The maximum atomic E-state index is 12.6. The van der Waals surface area contributed by atoms with Crippen molar-refractivity contribution in [3.05, 3.63) is 59.7 Å². The number of nitrogens with zero attached hydrogens (tertiary/aromatic N) is 2. The molecule has 2 aromatic rings. The van der Waals surface area contributed by atoms with Gasteiger partial charge in [-0.05, 0) is 38.1 Å². The highest BCUT2D eigenvalue weighted by Crippen LogP contribution is 2.48. The zero-order valence-corrected chi connectivity index (χ0v) is 20.4. The van der Waals surface area contributed by atoms with E-state index in [9.17, 15) is 19.2 Å². The summed E-state index contributed by atoms with van der Waals surface area (Å²) in [6.45, 7) is 3.18. The van der Waals surface area contributed by atoms with E-state index < -0.39 is 23.6 Å². The molecule has 0 bridgehead atoms. The van der Waals surface area contributed by atoms with Gasteiger partial charge in [-0.25, -0.2) is 9.80 Å². The Morgan fingerprint density at radius 2 is 1.03 bits per heavy atom. The van der Waals surface area contributed by atoms with Crippen LogP contribution in [0.2, 0.25) is 0 Å². The molecule has 0 unspecified atom stereocenters. The summed E-state index contributed by atoms with van der Waals surface area (Å²) in [5.74, 6) is -0.663. The van der Waals surface area contributed by atoms with Gasteiger partial charge in [-0.15, -0.1) is 0 Å². The number of imide groups is 2. The number of carbonyl (C=O) groups excluding carboxylic acids is 4. The van der Waals surface area contributed by atoms with Crippen LogP contribution >= 0.6 is 21.6 Å². The molecule has 2 heterocycles. The van der Waals surface area contributed by atoms with Crippen molar-refractivity contribution in [1.82, 2.24) is 0 Å². The maximum absolute atomic E-state index is 12.6. The number of benzene rings is 2. The highest BCUT2D eigenvalue weighted by molar-refractivity contribution is 8.76. The van der Waals surface area contributed by atoms with Gasteiger partial charge in [0.05, 0.1) is 25.6 Å². The molecule has 0 N–H and O–H groups in total. The third-order valence-corrected chi connectivity index (χ3v) is 7.70. The molecule has 2 aliphatic heterocycles. The van der Waals surface area contributed by atoms with Crippen LogP contribution in [0.4, 0.5) is 11.4 Å². The highest BCUT2D eigenvalue weighted by Gasteiger charge is 2.33. The molecule has 34 heavy (non-hydrogen) atoms. The number of anilines is 2. The smallest absolute Gasteiger partial charge is 0.261 e. The van der Waals surface area contributed by atoms with Gasteiger partial charge in [0, 0.05) is 45.2 Å². The number of methoxy groups -OCH3 is 2. The fourth-order valence-electron chi connectivity index (χ4n) is 3.46. The van der Waals surface area contributed by atoms with Gasteiger partial charge in [-0.3, -0.25) is 19.2 Å². The molecule has 0 radical (unpaired) electrons. The summed E-state index contributed by atoms with van der Waals surface area (Å²) in [7, 11) is 5.57. The Labute approximate surface area is 204 Å². The van der Waals surface area contributed by atoms with Crippen molar-refractivity contribution < 1.29 is 28.7 Å². The molecule has 0 fully saturated rings. The van der Waals surface area contributed by atoms with Crippen LogP contribution in [0, 0.1) is 0 Å². The minimum Gasteiger partial charge on any atom is -0.497 e. The summed E-state index contributed by atoms with van der Waals surface area (Å²) in [6, 6.07) is 10.2. The molecule has 4 amide bonds. The fraction of sp³-hybridized carbons (Fsp3) is 0.167. The average molecular weight is 497 g/mol. The highest BCUT2D eigenvalue weighted by atomic mass is 33.1. The van der Waals surface area contributed by atoms with Crippen molar-refractivity contribution in [2.24, 2.45) is 0 Å². The Morgan fingerprint density at radius 1 is 0.647 bits per heavy atom. The van der Waals surface area contributed by atoms with E-state index >= 15 is 0 Å². The molecule has 8 nitrogen and oxygen atoms in total. The van der Waals surface area contributed by atoms with E-state index in [1.807, 2.05) is 0 Å². The van der Waals surface area contributed by atoms with Gasteiger partial charge in [0.1, 0.15) is 11.5 Å². The monoisotopic (exact) mass is 496 g/mol. The first kappa shape index (κ1) is 23.7. The van der Waals surface area contributed by atoms with E-state index in [4.69, 9.17) is 9.47 Å². The molecule has 2 aromatic carbocycles. The van der Waals surface area contributed by atoms with Crippen LogP contribution in [0.5, 0.6) is 11.5 Å². The SMILES string of the molecule is COc1ccc(SSc2ccc(OC)cc2N2C(=O)C=C(C)C2=O)c(N2C(=O)C=C(C)C2=O)c1. The Balaban J connectivity index is 1.69. The van der Waals surface area contributed by atoms with Crippen molar-refractivity contribution in [2.75, 3.05) is 24.0 Å².